The zero-order valence-corrected chi connectivity index (χ0v) is 15.2. The van der Waals surface area contributed by atoms with Crippen LogP contribution in [0.2, 0.25) is 0 Å². The zero-order chi connectivity index (χ0) is 14.4. The Morgan fingerprint density at radius 1 is 1.18 bits per heavy atom. The molecule has 1 atom stereocenters. The number of piperazine rings is 1. The predicted molar refractivity (Wildman–Crippen MR) is 93.9 cm³/mol. The van der Waals surface area contributed by atoms with Gasteiger partial charge in [0.2, 0.25) is 5.91 Å². The first-order valence-corrected chi connectivity index (χ1v) is 7.98. The normalized spacial score (nSPS) is 21.6. The molecule has 2 saturated heterocycles. The lowest BCUT2D eigenvalue weighted by Gasteiger charge is -2.37. The lowest BCUT2D eigenvalue weighted by atomic mass is 9.99. The van der Waals surface area contributed by atoms with E-state index < -0.39 is 0 Å². The van der Waals surface area contributed by atoms with Crippen LogP contribution < -0.4 is 5.73 Å². The van der Waals surface area contributed by atoms with Crippen molar-refractivity contribution in [3.8, 4) is 0 Å². The monoisotopic (exact) mass is 355 g/mol. The van der Waals surface area contributed by atoms with E-state index >= 15 is 0 Å². The van der Waals surface area contributed by atoms with Crippen LogP contribution in [-0.2, 0) is 9.53 Å². The van der Waals surface area contributed by atoms with Crippen LogP contribution in [0, 0.1) is 5.92 Å². The standard InChI is InChI=1S/C15H29N3O2.2ClH/c1-13(16)2-3-15(19)18-8-6-17(7-9-18)12-14-4-10-20-11-5-14;;/h13-14H,2-12,16H2,1H3;2*1H. The lowest BCUT2D eigenvalue weighted by molar-refractivity contribution is -0.133. The number of nitrogens with two attached hydrogens (primary N) is 1. The maximum atomic E-state index is 12.0. The van der Waals surface area contributed by atoms with Crippen molar-refractivity contribution in [3.05, 3.63) is 0 Å². The average molecular weight is 356 g/mol. The predicted octanol–water partition coefficient (Wildman–Crippen LogP) is 1.53. The van der Waals surface area contributed by atoms with Crippen molar-refractivity contribution >= 4 is 30.7 Å². The number of ether oxygens (including phenoxy) is 1. The summed E-state index contributed by atoms with van der Waals surface area (Å²) in [6.07, 6.45) is 3.76. The van der Waals surface area contributed by atoms with Gasteiger partial charge in [-0.3, -0.25) is 9.69 Å². The van der Waals surface area contributed by atoms with E-state index in [1.165, 1.54) is 19.4 Å². The highest BCUT2D eigenvalue weighted by molar-refractivity contribution is 5.85. The van der Waals surface area contributed by atoms with E-state index in [1.54, 1.807) is 0 Å². The van der Waals surface area contributed by atoms with Crippen LogP contribution in [0.5, 0.6) is 0 Å². The number of carbonyl (C=O) groups is 1. The van der Waals surface area contributed by atoms with E-state index in [0.29, 0.717) is 6.42 Å². The summed E-state index contributed by atoms with van der Waals surface area (Å²) in [4.78, 5) is 16.5. The quantitative estimate of drug-likeness (QED) is 0.812. The summed E-state index contributed by atoms with van der Waals surface area (Å²) < 4.78 is 5.40. The molecule has 7 heteroatoms. The Bertz CT molecular complexity index is 305. The molecule has 0 bridgehead atoms. The molecule has 22 heavy (non-hydrogen) atoms. The summed E-state index contributed by atoms with van der Waals surface area (Å²) >= 11 is 0. The molecular formula is C15H31Cl2N3O2. The minimum atomic E-state index is 0. The summed E-state index contributed by atoms with van der Waals surface area (Å²) in [5.74, 6) is 1.05. The third kappa shape index (κ3) is 7.47. The molecule has 1 amide bonds. The number of carbonyl (C=O) groups excluding carboxylic acids is 1. The molecule has 0 saturated carbocycles. The molecule has 0 aromatic carbocycles. The van der Waals surface area contributed by atoms with Crippen molar-refractivity contribution in [2.24, 2.45) is 11.7 Å². The Kier molecular flexibility index (Phi) is 11.4. The van der Waals surface area contributed by atoms with E-state index in [-0.39, 0.29) is 36.8 Å². The van der Waals surface area contributed by atoms with Gasteiger partial charge in [-0.2, -0.15) is 0 Å². The number of amides is 1. The van der Waals surface area contributed by atoms with Crippen molar-refractivity contribution in [2.45, 2.75) is 38.6 Å². The first kappa shape index (κ1) is 21.9. The lowest BCUT2D eigenvalue weighted by Crippen LogP contribution is -2.50. The Hall–Kier alpha value is -0.0700. The largest absolute Gasteiger partial charge is 0.381 e. The molecule has 0 aromatic rings. The highest BCUT2D eigenvalue weighted by Crippen LogP contribution is 2.17. The molecule has 5 nitrogen and oxygen atoms in total. The zero-order valence-electron chi connectivity index (χ0n) is 13.5. The van der Waals surface area contributed by atoms with Crippen molar-refractivity contribution in [1.29, 1.82) is 0 Å². The van der Waals surface area contributed by atoms with Gasteiger partial charge in [0.05, 0.1) is 0 Å². The SMILES string of the molecule is CC(N)CCC(=O)N1CCN(CC2CCOCC2)CC1.Cl.Cl. The second-order valence-corrected chi connectivity index (χ2v) is 6.25. The summed E-state index contributed by atoms with van der Waals surface area (Å²) in [6, 6.07) is 0.119. The Balaban J connectivity index is 0.00000220. The molecule has 132 valence electrons. The molecule has 2 heterocycles. The van der Waals surface area contributed by atoms with Crippen molar-refractivity contribution < 1.29 is 9.53 Å². The van der Waals surface area contributed by atoms with Gasteiger partial charge in [0.25, 0.3) is 0 Å². The van der Waals surface area contributed by atoms with E-state index in [4.69, 9.17) is 10.5 Å². The van der Waals surface area contributed by atoms with Gasteiger partial charge in [-0.1, -0.05) is 0 Å². The minimum absolute atomic E-state index is 0. The van der Waals surface area contributed by atoms with Crippen molar-refractivity contribution in [1.82, 2.24) is 9.80 Å². The van der Waals surface area contributed by atoms with Gasteiger partial charge >= 0.3 is 0 Å². The molecule has 0 aliphatic carbocycles. The second-order valence-electron chi connectivity index (χ2n) is 6.25. The molecule has 2 aliphatic heterocycles. The Morgan fingerprint density at radius 2 is 1.77 bits per heavy atom. The smallest absolute Gasteiger partial charge is 0.222 e. The third-order valence-electron chi connectivity index (χ3n) is 4.40. The van der Waals surface area contributed by atoms with Crippen molar-refractivity contribution in [2.75, 3.05) is 45.9 Å². The molecule has 0 spiro atoms. The van der Waals surface area contributed by atoms with E-state index in [2.05, 4.69) is 4.90 Å². The fourth-order valence-electron chi connectivity index (χ4n) is 2.98. The maximum Gasteiger partial charge on any atom is 0.222 e. The van der Waals surface area contributed by atoms with Crippen LogP contribution in [0.25, 0.3) is 0 Å². The van der Waals surface area contributed by atoms with Crippen LogP contribution in [0.3, 0.4) is 0 Å². The van der Waals surface area contributed by atoms with Gasteiger partial charge in [-0.05, 0) is 32.1 Å². The molecule has 2 N–H and O–H groups in total. The van der Waals surface area contributed by atoms with Crippen LogP contribution >= 0.6 is 24.8 Å². The van der Waals surface area contributed by atoms with Gasteiger partial charge in [0.15, 0.2) is 0 Å². The average Bonchev–Trinajstić information content (AvgIpc) is 2.46. The van der Waals surface area contributed by atoms with Crippen LogP contribution in [0.15, 0.2) is 0 Å². The molecule has 2 aliphatic rings. The fraction of sp³-hybridized carbons (Fsp3) is 0.933. The maximum absolute atomic E-state index is 12.0. The number of halogens is 2. The topological polar surface area (TPSA) is 58.8 Å². The highest BCUT2D eigenvalue weighted by Gasteiger charge is 2.23. The van der Waals surface area contributed by atoms with E-state index in [1.807, 2.05) is 11.8 Å². The number of nitrogens with zero attached hydrogens (tertiary/aromatic N) is 2. The van der Waals surface area contributed by atoms with E-state index in [9.17, 15) is 4.79 Å². The molecule has 2 fully saturated rings. The molecule has 0 aromatic heterocycles. The summed E-state index contributed by atoms with van der Waals surface area (Å²) in [6.45, 7) is 8.75. The fourth-order valence-corrected chi connectivity index (χ4v) is 2.98. The molecule has 0 radical (unpaired) electrons. The summed E-state index contributed by atoms with van der Waals surface area (Å²) in [7, 11) is 0. The number of rotatable bonds is 5. The minimum Gasteiger partial charge on any atom is -0.381 e. The van der Waals surface area contributed by atoms with Gasteiger partial charge in [-0.25, -0.2) is 0 Å². The van der Waals surface area contributed by atoms with E-state index in [0.717, 1.165) is 51.7 Å². The van der Waals surface area contributed by atoms with Gasteiger partial charge in [0.1, 0.15) is 0 Å². The van der Waals surface area contributed by atoms with Gasteiger partial charge in [0, 0.05) is 58.4 Å². The van der Waals surface area contributed by atoms with Gasteiger partial charge in [-0.15, -0.1) is 24.8 Å². The summed E-state index contributed by atoms with van der Waals surface area (Å²) in [5, 5.41) is 0. The Morgan fingerprint density at radius 3 is 2.32 bits per heavy atom. The molecule has 1 unspecified atom stereocenters. The summed E-state index contributed by atoms with van der Waals surface area (Å²) in [5.41, 5.74) is 5.71. The molecule has 2 rings (SSSR count). The second kappa shape index (κ2) is 11.5. The number of hydrogen-bond donors (Lipinski definition) is 1. The van der Waals surface area contributed by atoms with Crippen molar-refractivity contribution in [3.63, 3.8) is 0 Å². The third-order valence-corrected chi connectivity index (χ3v) is 4.40. The first-order valence-electron chi connectivity index (χ1n) is 7.98. The van der Waals surface area contributed by atoms with Gasteiger partial charge < -0.3 is 15.4 Å². The molecular weight excluding hydrogens is 325 g/mol. The van der Waals surface area contributed by atoms with Crippen LogP contribution in [0.4, 0.5) is 0 Å². The Labute approximate surface area is 146 Å². The van der Waals surface area contributed by atoms with Crippen LogP contribution in [-0.4, -0.2) is 67.7 Å². The first-order chi connectivity index (χ1) is 9.65. The highest BCUT2D eigenvalue weighted by atomic mass is 35.5. The number of hydrogen-bond acceptors (Lipinski definition) is 4. The van der Waals surface area contributed by atoms with Crippen LogP contribution in [0.1, 0.15) is 32.6 Å².